The standard InChI is InChI=1S/C27H41N3O6S/c1-5-10-29(12-11-28-13-16-35-17-14-28)24(33)22-27-9-8-26(4,37-27)21(25(34)36-15-6-2)20(27)23(32)30(22)19(7-3)18-31/h5-6,19-22,31H,1-2,7-18H2,3-4H3/t19-,20-,21-,22?,26+,27?/m0/s1. The van der Waals surface area contributed by atoms with E-state index in [1.165, 1.54) is 6.08 Å². The number of carbonyl (C=O) groups is 3. The van der Waals surface area contributed by atoms with Crippen LogP contribution >= 0.6 is 11.8 Å². The number of aliphatic hydroxyl groups is 1. The second-order valence-corrected chi connectivity index (χ2v) is 12.6. The first-order valence-corrected chi connectivity index (χ1v) is 14.2. The highest BCUT2D eigenvalue weighted by atomic mass is 32.2. The number of carbonyl (C=O) groups excluding carboxylic acids is 3. The first-order valence-electron chi connectivity index (χ1n) is 13.4. The van der Waals surface area contributed by atoms with Gasteiger partial charge in [-0.1, -0.05) is 25.7 Å². The Hall–Kier alpha value is -1.88. The van der Waals surface area contributed by atoms with Crippen LogP contribution in [0.4, 0.5) is 0 Å². The molecule has 0 aromatic heterocycles. The highest BCUT2D eigenvalue weighted by Gasteiger charge is 2.78. The molecule has 2 bridgehead atoms. The lowest BCUT2D eigenvalue weighted by molar-refractivity contribution is -0.155. The Balaban J connectivity index is 1.68. The number of ether oxygens (including phenoxy) is 2. The van der Waals surface area contributed by atoms with Gasteiger partial charge in [-0.05, 0) is 26.2 Å². The van der Waals surface area contributed by atoms with Gasteiger partial charge in [0.25, 0.3) is 0 Å². The molecular weight excluding hydrogens is 494 g/mol. The summed E-state index contributed by atoms with van der Waals surface area (Å²) in [5.74, 6) is -2.06. The van der Waals surface area contributed by atoms with E-state index >= 15 is 0 Å². The van der Waals surface area contributed by atoms with Crippen molar-refractivity contribution in [1.29, 1.82) is 0 Å². The van der Waals surface area contributed by atoms with E-state index in [-0.39, 0.29) is 25.0 Å². The van der Waals surface area contributed by atoms with Gasteiger partial charge in [0.2, 0.25) is 11.8 Å². The number of thioether (sulfide) groups is 1. The van der Waals surface area contributed by atoms with E-state index in [9.17, 15) is 19.5 Å². The van der Waals surface area contributed by atoms with E-state index in [2.05, 4.69) is 18.1 Å². The van der Waals surface area contributed by atoms with Gasteiger partial charge in [-0.25, -0.2) is 0 Å². The number of esters is 1. The Morgan fingerprint density at radius 2 is 2.03 bits per heavy atom. The van der Waals surface area contributed by atoms with Crippen molar-refractivity contribution in [2.24, 2.45) is 11.8 Å². The lowest BCUT2D eigenvalue weighted by atomic mass is 9.66. The Morgan fingerprint density at radius 3 is 2.65 bits per heavy atom. The molecule has 0 saturated carbocycles. The molecule has 0 aliphatic carbocycles. The number of likely N-dealkylation sites (tertiary alicyclic amines) is 1. The van der Waals surface area contributed by atoms with Crippen LogP contribution in [0.1, 0.15) is 33.1 Å². The average molecular weight is 536 g/mol. The normalized spacial score (nSPS) is 33.8. The minimum Gasteiger partial charge on any atom is -0.461 e. The topological polar surface area (TPSA) is 99.6 Å². The molecule has 1 spiro atoms. The van der Waals surface area contributed by atoms with Crippen LogP contribution < -0.4 is 0 Å². The zero-order chi connectivity index (χ0) is 26.8. The first-order chi connectivity index (χ1) is 17.8. The minimum atomic E-state index is -0.754. The molecule has 0 aromatic rings. The third-order valence-electron chi connectivity index (χ3n) is 8.57. The molecule has 6 atom stereocenters. The Labute approximate surface area is 224 Å². The molecular formula is C27H41N3O6S. The molecule has 4 aliphatic rings. The van der Waals surface area contributed by atoms with E-state index in [0.29, 0.717) is 45.7 Å². The molecule has 1 N–H and O–H groups in total. The number of aliphatic hydroxyl groups excluding tert-OH is 1. The summed E-state index contributed by atoms with van der Waals surface area (Å²) in [6.45, 7) is 15.9. The minimum absolute atomic E-state index is 0.0823. The predicted octanol–water partition coefficient (Wildman–Crippen LogP) is 1.31. The lowest BCUT2D eigenvalue weighted by Crippen LogP contribution is -2.58. The highest BCUT2D eigenvalue weighted by molar-refractivity contribution is 8.02. The summed E-state index contributed by atoms with van der Waals surface area (Å²) in [7, 11) is 0. The summed E-state index contributed by atoms with van der Waals surface area (Å²) < 4.78 is 9.70. The molecule has 10 heteroatoms. The van der Waals surface area contributed by atoms with Gasteiger partial charge in [0, 0.05) is 37.5 Å². The van der Waals surface area contributed by atoms with Crippen LogP contribution in [0.3, 0.4) is 0 Å². The Bertz CT molecular complexity index is 907. The number of fused-ring (bicyclic) bond motifs is 1. The molecule has 2 unspecified atom stereocenters. The number of rotatable bonds is 12. The highest BCUT2D eigenvalue weighted by Crippen LogP contribution is 2.71. The molecule has 0 radical (unpaired) electrons. The summed E-state index contributed by atoms with van der Waals surface area (Å²) in [5, 5.41) is 10.2. The fourth-order valence-corrected chi connectivity index (χ4v) is 9.07. The summed E-state index contributed by atoms with van der Waals surface area (Å²) >= 11 is 1.61. The second-order valence-electron chi connectivity index (χ2n) is 10.7. The number of amides is 2. The summed E-state index contributed by atoms with van der Waals surface area (Å²) in [5.41, 5.74) is 0. The van der Waals surface area contributed by atoms with Crippen LogP contribution in [-0.2, 0) is 23.9 Å². The lowest BCUT2D eigenvalue weighted by Gasteiger charge is -2.40. The van der Waals surface area contributed by atoms with Gasteiger partial charge in [-0.15, -0.1) is 18.3 Å². The van der Waals surface area contributed by atoms with E-state index in [1.54, 1.807) is 27.6 Å². The monoisotopic (exact) mass is 535 g/mol. The van der Waals surface area contributed by atoms with Gasteiger partial charge in [0.15, 0.2) is 0 Å². The molecule has 2 amide bonds. The fraction of sp³-hybridized carbons (Fsp3) is 0.741. The number of morpholine rings is 1. The van der Waals surface area contributed by atoms with Gasteiger partial charge in [-0.3, -0.25) is 19.3 Å². The molecule has 0 aromatic carbocycles. The molecule has 4 rings (SSSR count). The van der Waals surface area contributed by atoms with Gasteiger partial charge >= 0.3 is 5.97 Å². The zero-order valence-electron chi connectivity index (χ0n) is 22.1. The van der Waals surface area contributed by atoms with Crippen LogP contribution in [0.15, 0.2) is 25.3 Å². The van der Waals surface area contributed by atoms with Crippen molar-refractivity contribution in [3.63, 3.8) is 0 Å². The van der Waals surface area contributed by atoms with Crippen LogP contribution in [0, 0.1) is 11.8 Å². The van der Waals surface area contributed by atoms with E-state index in [0.717, 1.165) is 19.5 Å². The van der Waals surface area contributed by atoms with Crippen LogP contribution in [-0.4, -0.2) is 118 Å². The first kappa shape index (κ1) is 28.1. The SMILES string of the molecule is C=CCOC(=O)[C@@H]1[C@H]2C(=O)N([C@@H](CC)CO)C(C(=O)N(CC=C)CCN3CCOCC3)C23CC[C@@]1(C)S3. The largest absolute Gasteiger partial charge is 0.461 e. The van der Waals surface area contributed by atoms with E-state index < -0.39 is 39.4 Å². The van der Waals surface area contributed by atoms with Crippen molar-refractivity contribution >= 4 is 29.5 Å². The number of hydrogen-bond acceptors (Lipinski definition) is 8. The third kappa shape index (κ3) is 4.86. The summed E-state index contributed by atoms with van der Waals surface area (Å²) in [4.78, 5) is 47.5. The molecule has 4 fully saturated rings. The zero-order valence-corrected chi connectivity index (χ0v) is 22.9. The van der Waals surface area contributed by atoms with Crippen molar-refractivity contribution in [2.45, 2.75) is 54.7 Å². The molecule has 9 nitrogen and oxygen atoms in total. The molecule has 206 valence electrons. The quantitative estimate of drug-likeness (QED) is 0.295. The summed E-state index contributed by atoms with van der Waals surface area (Å²) in [6.07, 6.45) is 5.13. The maximum absolute atomic E-state index is 14.4. The van der Waals surface area contributed by atoms with Crippen LogP contribution in [0.5, 0.6) is 0 Å². The van der Waals surface area contributed by atoms with Crippen molar-refractivity contribution in [1.82, 2.24) is 14.7 Å². The van der Waals surface area contributed by atoms with E-state index in [4.69, 9.17) is 9.47 Å². The number of hydrogen-bond donors (Lipinski definition) is 1. The van der Waals surface area contributed by atoms with Gasteiger partial charge in [0.1, 0.15) is 12.6 Å². The van der Waals surface area contributed by atoms with Crippen molar-refractivity contribution in [3.8, 4) is 0 Å². The Morgan fingerprint density at radius 1 is 1.30 bits per heavy atom. The molecule has 4 aliphatic heterocycles. The van der Waals surface area contributed by atoms with Gasteiger partial charge in [-0.2, -0.15) is 0 Å². The number of nitrogens with zero attached hydrogens (tertiary/aromatic N) is 3. The van der Waals surface area contributed by atoms with Crippen LogP contribution in [0.25, 0.3) is 0 Å². The molecule has 4 heterocycles. The molecule has 37 heavy (non-hydrogen) atoms. The van der Waals surface area contributed by atoms with Gasteiger partial charge in [0.05, 0.1) is 42.4 Å². The third-order valence-corrected chi connectivity index (χ3v) is 10.6. The van der Waals surface area contributed by atoms with Gasteiger partial charge < -0.3 is 24.4 Å². The summed E-state index contributed by atoms with van der Waals surface area (Å²) in [6, 6.07) is -1.25. The molecule has 4 saturated heterocycles. The predicted molar refractivity (Wildman–Crippen MR) is 142 cm³/mol. The van der Waals surface area contributed by atoms with Crippen molar-refractivity contribution < 1.29 is 29.0 Å². The fourth-order valence-electron chi connectivity index (χ4n) is 6.75. The smallest absolute Gasteiger partial charge is 0.311 e. The van der Waals surface area contributed by atoms with Crippen molar-refractivity contribution in [2.75, 3.05) is 59.2 Å². The van der Waals surface area contributed by atoms with Crippen LogP contribution in [0.2, 0.25) is 0 Å². The van der Waals surface area contributed by atoms with E-state index in [1.807, 2.05) is 13.8 Å². The van der Waals surface area contributed by atoms with Crippen molar-refractivity contribution in [3.05, 3.63) is 25.3 Å². The maximum atomic E-state index is 14.4. The maximum Gasteiger partial charge on any atom is 0.311 e. The Kier molecular flexibility index (Phi) is 8.72. The average Bonchev–Trinajstić information content (AvgIpc) is 3.47. The second kappa shape index (κ2) is 11.5.